The summed E-state index contributed by atoms with van der Waals surface area (Å²) in [5.41, 5.74) is 0.628. The Labute approximate surface area is 82.4 Å². The molecule has 0 spiro atoms. The number of ether oxygens (including phenoxy) is 1. The number of hydrogen-bond donors (Lipinski definition) is 1. The van der Waals surface area contributed by atoms with Gasteiger partial charge in [0.05, 0.1) is 13.4 Å². The Morgan fingerprint density at radius 3 is 2.57 bits per heavy atom. The molecule has 0 radical (unpaired) electrons. The molecule has 0 bridgehead atoms. The van der Waals surface area contributed by atoms with Crippen LogP contribution in [0.15, 0.2) is 6.07 Å². The third-order valence-corrected chi connectivity index (χ3v) is 1.89. The van der Waals surface area contributed by atoms with E-state index >= 15 is 0 Å². The Balaban J connectivity index is 3.04. The highest BCUT2D eigenvalue weighted by atomic mass is 32.2. The summed E-state index contributed by atoms with van der Waals surface area (Å²) in [7, 11) is -1.90. The molecule has 14 heavy (non-hydrogen) atoms. The molecule has 0 aromatic carbocycles. The molecular weight excluding hydrogens is 206 g/mol. The van der Waals surface area contributed by atoms with Gasteiger partial charge in [0.1, 0.15) is 5.82 Å². The number of methoxy groups -OCH3 is 1. The Hall–Kier alpha value is -1.37. The Morgan fingerprint density at radius 2 is 2.07 bits per heavy atom. The average Bonchev–Trinajstić information content (AvgIpc) is 1.99. The van der Waals surface area contributed by atoms with E-state index in [1.807, 2.05) is 0 Å². The standard InChI is InChI=1S/C7H11N3O3S/c1-5-4-6(10-14(3,11)12)9-7(8-5)13-2/h4H,1-3H3,(H,8,9,10). The van der Waals surface area contributed by atoms with Crippen molar-refractivity contribution in [3.63, 3.8) is 0 Å². The topological polar surface area (TPSA) is 81.2 Å². The molecule has 0 aliphatic heterocycles. The molecule has 0 unspecified atom stereocenters. The average molecular weight is 217 g/mol. The lowest BCUT2D eigenvalue weighted by Crippen LogP contribution is -2.11. The molecule has 6 nitrogen and oxygen atoms in total. The first-order valence-corrected chi connectivity index (χ1v) is 5.67. The predicted molar refractivity (Wildman–Crippen MR) is 51.8 cm³/mol. The first-order valence-electron chi connectivity index (χ1n) is 3.78. The van der Waals surface area contributed by atoms with Gasteiger partial charge in [0, 0.05) is 11.8 Å². The molecule has 1 N–H and O–H groups in total. The van der Waals surface area contributed by atoms with Gasteiger partial charge in [-0.05, 0) is 6.92 Å². The smallest absolute Gasteiger partial charge is 0.318 e. The van der Waals surface area contributed by atoms with Gasteiger partial charge in [0.15, 0.2) is 0 Å². The second kappa shape index (κ2) is 3.79. The van der Waals surface area contributed by atoms with Crippen LogP contribution in [0.4, 0.5) is 5.82 Å². The Morgan fingerprint density at radius 1 is 1.43 bits per heavy atom. The van der Waals surface area contributed by atoms with Crippen LogP contribution in [0.1, 0.15) is 5.69 Å². The van der Waals surface area contributed by atoms with Crippen molar-refractivity contribution in [2.24, 2.45) is 0 Å². The molecule has 78 valence electrons. The number of hydrogen-bond acceptors (Lipinski definition) is 5. The first-order chi connectivity index (χ1) is 6.40. The molecule has 0 amide bonds. The minimum Gasteiger partial charge on any atom is -0.467 e. The fraction of sp³-hybridized carbons (Fsp3) is 0.429. The van der Waals surface area contributed by atoms with Crippen LogP contribution < -0.4 is 9.46 Å². The maximum Gasteiger partial charge on any atom is 0.318 e. The molecular formula is C7H11N3O3S. The van der Waals surface area contributed by atoms with Crippen LogP contribution >= 0.6 is 0 Å². The second-order valence-corrected chi connectivity index (χ2v) is 4.50. The van der Waals surface area contributed by atoms with Crippen molar-refractivity contribution in [1.82, 2.24) is 9.97 Å². The van der Waals surface area contributed by atoms with Crippen LogP contribution in [0.2, 0.25) is 0 Å². The van der Waals surface area contributed by atoms with E-state index in [-0.39, 0.29) is 11.8 Å². The minimum absolute atomic E-state index is 0.135. The lowest BCUT2D eigenvalue weighted by Gasteiger charge is -2.05. The molecule has 0 fully saturated rings. The molecule has 0 atom stereocenters. The van der Waals surface area contributed by atoms with Gasteiger partial charge in [-0.1, -0.05) is 0 Å². The van der Waals surface area contributed by atoms with E-state index in [4.69, 9.17) is 4.74 Å². The zero-order valence-corrected chi connectivity index (χ0v) is 8.92. The van der Waals surface area contributed by atoms with Crippen LogP contribution in [0, 0.1) is 6.92 Å². The van der Waals surface area contributed by atoms with Gasteiger partial charge in [0.2, 0.25) is 10.0 Å². The summed E-state index contributed by atoms with van der Waals surface area (Å²) in [4.78, 5) is 7.73. The normalized spacial score (nSPS) is 11.1. The van der Waals surface area contributed by atoms with E-state index in [1.54, 1.807) is 6.92 Å². The van der Waals surface area contributed by atoms with Gasteiger partial charge in [0.25, 0.3) is 0 Å². The minimum atomic E-state index is -3.31. The van der Waals surface area contributed by atoms with E-state index in [9.17, 15) is 8.42 Å². The number of anilines is 1. The van der Waals surface area contributed by atoms with Crippen LogP contribution in [0.3, 0.4) is 0 Å². The van der Waals surface area contributed by atoms with Crippen LogP contribution in [0.5, 0.6) is 6.01 Å². The largest absolute Gasteiger partial charge is 0.467 e. The van der Waals surface area contributed by atoms with Crippen molar-refractivity contribution in [3.05, 3.63) is 11.8 Å². The highest BCUT2D eigenvalue weighted by Crippen LogP contribution is 2.11. The number of aromatic nitrogens is 2. The zero-order valence-electron chi connectivity index (χ0n) is 8.10. The molecule has 7 heteroatoms. The fourth-order valence-electron chi connectivity index (χ4n) is 0.875. The van der Waals surface area contributed by atoms with Crippen molar-refractivity contribution in [2.75, 3.05) is 18.1 Å². The predicted octanol–water partition coefficient (Wildman–Crippen LogP) is 0.165. The van der Waals surface area contributed by atoms with E-state index < -0.39 is 10.0 Å². The Bertz CT molecular complexity index is 430. The molecule has 0 saturated carbocycles. The quantitative estimate of drug-likeness (QED) is 0.780. The van der Waals surface area contributed by atoms with Crippen molar-refractivity contribution in [2.45, 2.75) is 6.92 Å². The van der Waals surface area contributed by atoms with Crippen LogP contribution in [0.25, 0.3) is 0 Å². The number of sulfonamides is 1. The Kier molecular flexibility index (Phi) is 2.90. The number of aryl methyl sites for hydroxylation is 1. The first kappa shape index (κ1) is 10.7. The van der Waals surface area contributed by atoms with Crippen molar-refractivity contribution >= 4 is 15.8 Å². The molecule has 1 rings (SSSR count). The summed E-state index contributed by atoms with van der Waals surface area (Å²) in [6.45, 7) is 1.72. The SMILES string of the molecule is COc1nc(C)cc(NS(C)(=O)=O)n1. The lowest BCUT2D eigenvalue weighted by molar-refractivity contribution is 0.379. The van der Waals surface area contributed by atoms with Gasteiger partial charge in [-0.3, -0.25) is 4.72 Å². The summed E-state index contributed by atoms with van der Waals surface area (Å²) < 4.78 is 28.8. The van der Waals surface area contributed by atoms with E-state index in [0.717, 1.165) is 6.26 Å². The maximum atomic E-state index is 10.9. The van der Waals surface area contributed by atoms with Gasteiger partial charge < -0.3 is 4.74 Å². The molecule has 1 aromatic rings. The fourth-order valence-corrected chi connectivity index (χ4v) is 1.36. The van der Waals surface area contributed by atoms with Gasteiger partial charge >= 0.3 is 6.01 Å². The maximum absolute atomic E-state index is 10.9. The number of rotatable bonds is 3. The number of nitrogens with zero attached hydrogens (tertiary/aromatic N) is 2. The summed E-state index contributed by atoms with van der Waals surface area (Å²) in [6, 6.07) is 1.65. The molecule has 0 aliphatic rings. The zero-order chi connectivity index (χ0) is 10.8. The second-order valence-electron chi connectivity index (χ2n) is 2.76. The van der Waals surface area contributed by atoms with E-state index in [2.05, 4.69) is 14.7 Å². The summed E-state index contributed by atoms with van der Waals surface area (Å²) in [5, 5.41) is 0. The van der Waals surface area contributed by atoms with Crippen molar-refractivity contribution in [1.29, 1.82) is 0 Å². The van der Waals surface area contributed by atoms with Gasteiger partial charge in [-0.2, -0.15) is 4.98 Å². The highest BCUT2D eigenvalue weighted by Gasteiger charge is 2.06. The summed E-state index contributed by atoms with van der Waals surface area (Å²) in [6.07, 6.45) is 1.05. The van der Waals surface area contributed by atoms with Crippen molar-refractivity contribution in [3.8, 4) is 6.01 Å². The third kappa shape index (κ3) is 3.17. The molecule has 0 aliphatic carbocycles. The molecule has 0 saturated heterocycles. The highest BCUT2D eigenvalue weighted by molar-refractivity contribution is 7.92. The third-order valence-electron chi connectivity index (χ3n) is 1.31. The monoisotopic (exact) mass is 217 g/mol. The van der Waals surface area contributed by atoms with E-state index in [1.165, 1.54) is 13.2 Å². The summed E-state index contributed by atoms with van der Waals surface area (Å²) in [5.74, 6) is 0.205. The number of nitrogens with one attached hydrogen (secondary N) is 1. The van der Waals surface area contributed by atoms with Gasteiger partial charge in [-0.15, -0.1) is 0 Å². The van der Waals surface area contributed by atoms with Crippen LogP contribution in [-0.4, -0.2) is 31.8 Å². The lowest BCUT2D eigenvalue weighted by atomic mass is 10.4. The van der Waals surface area contributed by atoms with Crippen LogP contribution in [-0.2, 0) is 10.0 Å². The van der Waals surface area contributed by atoms with Gasteiger partial charge in [-0.25, -0.2) is 13.4 Å². The van der Waals surface area contributed by atoms with Crippen molar-refractivity contribution < 1.29 is 13.2 Å². The molecule has 1 aromatic heterocycles. The molecule has 1 heterocycles. The summed E-state index contributed by atoms with van der Waals surface area (Å²) >= 11 is 0. The van der Waals surface area contributed by atoms with E-state index in [0.29, 0.717) is 5.69 Å².